The number of hydrogen-bond donors (Lipinski definition) is 0. The second kappa shape index (κ2) is 20.5. The molecule has 1 aliphatic carbocycles. The van der Waals surface area contributed by atoms with Gasteiger partial charge in [0.2, 0.25) is 0 Å². The SMILES string of the molecule is [2H]c1c([2H])c2c(c([2H])c1-c1cc3c4c(c1)n(-c1[c-]c(Oc5[c-]c6c(cc5)c5ccccc5n6-c5cc(C(C)(C)C)ccn5)ccc1)[c-][n+]4-c1c(cc(C(C)(C)C)cc1-n1c4ccccc4c4ccccc41)-c1ccccc1-c1ccccc1-3)C(C([2H])([2H])[2H])(C([2H])([2H])[2H])C([2H])([2H])C([2H])([2H])C2(C([2H])([2H])[2H])C([2H])([2H])[2H].[Pt]. The van der Waals surface area contributed by atoms with Crippen LogP contribution in [0.5, 0.6) is 11.5 Å². The monoisotopic (exact) mass is 1350 g/mol. The van der Waals surface area contributed by atoms with E-state index in [1.54, 1.807) is 35.0 Å². The molecule has 89 heavy (non-hydrogen) atoms. The minimum atomic E-state index is -4.55. The zero-order valence-electron chi connectivity index (χ0n) is 68.4. The molecule has 2 aliphatic rings. The van der Waals surface area contributed by atoms with E-state index in [-0.39, 0.29) is 49.0 Å². The third-order valence-corrected chi connectivity index (χ3v) is 17.4. The molecule has 5 heterocycles. The average Bonchev–Trinajstić information content (AvgIpc) is 0.800. The molecule has 440 valence electrons. The van der Waals surface area contributed by atoms with Crippen molar-refractivity contribution in [1.29, 1.82) is 0 Å². The summed E-state index contributed by atoms with van der Waals surface area (Å²) in [7, 11) is 0. The molecule has 0 fully saturated rings. The van der Waals surface area contributed by atoms with Crippen molar-refractivity contribution >= 4 is 54.6 Å². The van der Waals surface area contributed by atoms with E-state index in [9.17, 15) is 17.8 Å². The van der Waals surface area contributed by atoms with Gasteiger partial charge in [0.15, 0.2) is 0 Å². The molecule has 0 saturated heterocycles. The van der Waals surface area contributed by atoms with E-state index >= 15 is 0 Å². The van der Waals surface area contributed by atoms with Gasteiger partial charge >= 0.3 is 0 Å². The maximum absolute atomic E-state index is 10.5. The maximum atomic E-state index is 10.5. The Bertz CT molecular complexity index is 6020. The number of pyridine rings is 1. The zero-order chi connectivity index (χ0) is 76.4. The van der Waals surface area contributed by atoms with Gasteiger partial charge in [0, 0.05) is 77.0 Å². The van der Waals surface area contributed by atoms with Crippen LogP contribution >= 0.6 is 0 Å². The van der Waals surface area contributed by atoms with E-state index in [2.05, 4.69) is 118 Å². The molecule has 0 bridgehead atoms. The predicted molar refractivity (Wildman–Crippen MR) is 362 cm³/mol. The molecular formula is C82H69N5OPt-2. The summed E-state index contributed by atoms with van der Waals surface area (Å²) in [6.45, 7) is -4.19. The van der Waals surface area contributed by atoms with E-state index in [0.717, 1.165) is 65.9 Å². The van der Waals surface area contributed by atoms with Crippen LogP contribution in [0.4, 0.5) is 0 Å². The summed E-state index contributed by atoms with van der Waals surface area (Å²) in [5.41, 5.74) is -1.86. The summed E-state index contributed by atoms with van der Waals surface area (Å²) in [5, 5.41) is 3.81. The summed E-state index contributed by atoms with van der Waals surface area (Å²) in [5.74, 6) is 1.20. The molecular weight excluding hydrogens is 1270 g/mol. The van der Waals surface area contributed by atoms with Crippen molar-refractivity contribution in [3.05, 3.63) is 253 Å². The zero-order valence-corrected chi connectivity index (χ0v) is 51.7. The number of hydrogen-bond acceptors (Lipinski definition) is 2. The fourth-order valence-electron chi connectivity index (χ4n) is 13.0. The summed E-state index contributed by atoms with van der Waals surface area (Å²) >= 11 is 0. The largest absolute Gasteiger partial charge is 0.510 e. The van der Waals surface area contributed by atoms with Gasteiger partial charge in [-0.2, -0.15) is 18.2 Å². The maximum Gasteiger partial charge on any atom is 0.268 e. The van der Waals surface area contributed by atoms with Crippen molar-refractivity contribution < 1.29 is 56.4 Å². The molecule has 16 rings (SSSR count). The van der Waals surface area contributed by atoms with E-state index in [4.69, 9.17) is 17.9 Å². The first-order valence-corrected chi connectivity index (χ1v) is 29.4. The Balaban J connectivity index is 0.00000930. The summed E-state index contributed by atoms with van der Waals surface area (Å²) in [6.07, 6.45) is -3.48. The number of nitrogens with zero attached hydrogens (tertiary/aromatic N) is 5. The Kier molecular flexibility index (Phi) is 8.98. The standard InChI is InChI=1S/C82H69N5O.Pt/c1-79(2,3)53-38-41-83-76(47-53)87-72-33-20-17-30-64(72)65-36-35-57(49-73(65)87)88-56-23-21-22-55(48-56)84-50-85-77-66(42-52(44-74(77)84)51-34-37-68-69(43-51)82(9,10)40-39-81(68,7)8)60-26-13-11-24-58(60)59-25-12-14-27-61(59)67-45-54(80(4,5)6)46-75(78(67)85)86-70-31-18-15-28-62(70)63-29-16-19-32-71(63)86;/h11-38,41-47H,39-40H2,1-10H3;/q-2;/i7D3,8D3,9D3,10D3,34D,37D,39D2,40D2,43D;. The molecule has 0 amide bonds. The number of para-hydroxylation sites is 3. The molecule has 14 aromatic rings. The van der Waals surface area contributed by atoms with Gasteiger partial charge in [0.05, 0.1) is 37.6 Å². The van der Waals surface area contributed by atoms with E-state index < -0.39 is 91.2 Å². The first-order valence-electron chi connectivity index (χ1n) is 38.9. The number of fused-ring (bicyclic) bond motifs is 14. The van der Waals surface area contributed by atoms with Gasteiger partial charge in [-0.25, -0.2) is 4.98 Å². The van der Waals surface area contributed by atoms with Crippen LogP contribution < -0.4 is 9.30 Å². The minimum Gasteiger partial charge on any atom is -0.510 e. The van der Waals surface area contributed by atoms with Crippen molar-refractivity contribution in [2.24, 2.45) is 0 Å². The summed E-state index contributed by atoms with van der Waals surface area (Å²) < 4.78 is 193. The number of rotatable bonds is 6. The quantitative estimate of drug-likeness (QED) is 0.123. The van der Waals surface area contributed by atoms with E-state index in [1.807, 2.05) is 114 Å². The van der Waals surface area contributed by atoms with Gasteiger partial charge < -0.3 is 18.4 Å². The van der Waals surface area contributed by atoms with Crippen LogP contribution in [0.2, 0.25) is 0 Å². The van der Waals surface area contributed by atoms with E-state index in [1.165, 1.54) is 6.07 Å². The van der Waals surface area contributed by atoms with Crippen molar-refractivity contribution in [2.75, 3.05) is 0 Å². The molecule has 0 radical (unpaired) electrons. The topological polar surface area (TPSA) is 40.8 Å². The van der Waals surface area contributed by atoms with E-state index in [0.29, 0.717) is 50.7 Å². The summed E-state index contributed by atoms with van der Waals surface area (Å²) in [6, 6.07) is 63.5. The Labute approximate surface area is 562 Å². The van der Waals surface area contributed by atoms with Crippen LogP contribution in [0, 0.1) is 18.5 Å². The van der Waals surface area contributed by atoms with Crippen LogP contribution in [0.1, 0.15) is 130 Å². The van der Waals surface area contributed by atoms with Crippen LogP contribution in [0.25, 0.3) is 122 Å². The second-order valence-electron chi connectivity index (χ2n) is 25.1. The van der Waals surface area contributed by atoms with Gasteiger partial charge in [-0.05, 0) is 155 Å². The van der Waals surface area contributed by atoms with Gasteiger partial charge in [-0.3, -0.25) is 4.57 Å². The minimum absolute atomic E-state index is 0. The Morgan fingerprint density at radius 1 is 0.528 bits per heavy atom. The normalized spacial score (nSPS) is 19.0. The third-order valence-electron chi connectivity index (χ3n) is 17.4. The molecule has 0 spiro atoms. The van der Waals surface area contributed by atoms with Crippen molar-refractivity contribution in [1.82, 2.24) is 18.7 Å². The first-order chi connectivity index (χ1) is 50.2. The molecule has 10 aromatic carbocycles. The van der Waals surface area contributed by atoms with Crippen molar-refractivity contribution in [3.8, 4) is 78.9 Å². The number of benzene rings is 10. The van der Waals surface area contributed by atoms with Crippen molar-refractivity contribution in [2.45, 2.75) is 103 Å². The predicted octanol–water partition coefficient (Wildman–Crippen LogP) is 20.6. The Hall–Kier alpha value is -9.09. The average molecular weight is 1350 g/mol. The molecule has 4 aromatic heterocycles. The van der Waals surface area contributed by atoms with Crippen LogP contribution in [-0.2, 0) is 42.7 Å². The molecule has 0 unspecified atom stereocenters. The van der Waals surface area contributed by atoms with Crippen LogP contribution in [-0.4, -0.2) is 18.7 Å². The van der Waals surface area contributed by atoms with Crippen LogP contribution in [0.15, 0.2) is 212 Å². The van der Waals surface area contributed by atoms with Crippen LogP contribution in [0.3, 0.4) is 0 Å². The Morgan fingerprint density at radius 3 is 1.76 bits per heavy atom. The van der Waals surface area contributed by atoms with Gasteiger partial charge in [-0.15, -0.1) is 29.7 Å². The summed E-state index contributed by atoms with van der Waals surface area (Å²) in [4.78, 5) is 4.87. The molecule has 6 nitrogen and oxygen atoms in total. The second-order valence-corrected chi connectivity index (χ2v) is 25.1. The molecule has 0 N–H and O–H groups in total. The number of aromatic nitrogens is 5. The number of ether oxygens (including phenoxy) is 1. The Morgan fingerprint density at radius 2 is 1.11 bits per heavy atom. The fourth-order valence-corrected chi connectivity index (χ4v) is 13.0. The third kappa shape index (κ3) is 9.07. The number of imidazole rings is 1. The van der Waals surface area contributed by atoms with Gasteiger partial charge in [0.25, 0.3) is 6.33 Å². The molecule has 1 aliphatic heterocycles. The molecule has 7 heteroatoms. The fraction of sp³-hybridized carbons (Fsp3) is 0.195. The van der Waals surface area contributed by atoms with Crippen molar-refractivity contribution in [3.63, 3.8) is 0 Å². The van der Waals surface area contributed by atoms with Gasteiger partial charge in [0.1, 0.15) is 5.82 Å². The van der Waals surface area contributed by atoms with Gasteiger partial charge in [-0.1, -0.05) is 208 Å². The molecule has 0 saturated carbocycles. The molecule has 0 atom stereocenters. The first kappa shape index (κ1) is 39.0. The smallest absolute Gasteiger partial charge is 0.268 e.